The molecule has 0 bridgehead atoms. The van der Waals surface area contributed by atoms with Crippen molar-refractivity contribution in [2.45, 2.75) is 19.8 Å². The second-order valence-corrected chi connectivity index (χ2v) is 10.8. The van der Waals surface area contributed by atoms with Gasteiger partial charge in [0.2, 0.25) is 0 Å². The SMILES string of the molecule is CCCc1cncc(-c2ccc3c4c2Oc2ccc(-c5cccnc5)cc2B4c2cc(-c4cccnc4)ccc2O3)c1. The molecule has 5 heterocycles. The molecule has 0 saturated heterocycles. The first kappa shape index (κ1) is 24.6. The van der Waals surface area contributed by atoms with Gasteiger partial charge in [0, 0.05) is 53.8 Å². The highest BCUT2D eigenvalue weighted by Gasteiger charge is 2.41. The molecule has 0 saturated carbocycles. The van der Waals surface area contributed by atoms with Gasteiger partial charge in [-0.1, -0.05) is 49.7 Å². The molecule has 8 rings (SSSR count). The molecule has 0 unspecified atom stereocenters. The van der Waals surface area contributed by atoms with Crippen molar-refractivity contribution in [3.8, 4) is 56.4 Å². The van der Waals surface area contributed by atoms with E-state index in [-0.39, 0.29) is 6.71 Å². The van der Waals surface area contributed by atoms with E-state index in [0.29, 0.717) is 0 Å². The fourth-order valence-electron chi connectivity index (χ4n) is 6.21. The van der Waals surface area contributed by atoms with E-state index in [1.54, 1.807) is 12.4 Å². The van der Waals surface area contributed by atoms with Crippen LogP contribution >= 0.6 is 0 Å². The number of hydrogen-bond donors (Lipinski definition) is 0. The average Bonchev–Trinajstić information content (AvgIpc) is 3.05. The molecule has 0 amide bonds. The predicted octanol–water partition coefficient (Wildman–Crippen LogP) is 6.55. The standard InChI is InChI=1S/C36H26BN3O2/c1-2-5-23-16-28(22-40-19-23)29-10-13-34-35-36(29)42-33-12-9-25(27-7-4-15-39-21-27)18-31(33)37(35)30-17-24(8-11-32(30)41-34)26-6-3-14-38-20-26/h3-4,6-22H,2,5H2,1H3. The van der Waals surface area contributed by atoms with E-state index >= 15 is 0 Å². The number of hydrogen-bond acceptors (Lipinski definition) is 5. The molecular weight excluding hydrogens is 517 g/mol. The average molecular weight is 543 g/mol. The maximum Gasteiger partial charge on any atom is 0.260 e. The van der Waals surface area contributed by atoms with Gasteiger partial charge < -0.3 is 9.47 Å². The van der Waals surface area contributed by atoms with E-state index in [4.69, 9.17) is 9.47 Å². The molecule has 0 aliphatic carbocycles. The lowest BCUT2D eigenvalue weighted by Gasteiger charge is -2.34. The Morgan fingerprint density at radius 2 is 1.24 bits per heavy atom. The van der Waals surface area contributed by atoms with Gasteiger partial charge >= 0.3 is 0 Å². The minimum atomic E-state index is -0.0810. The van der Waals surface area contributed by atoms with Crippen LogP contribution in [0.25, 0.3) is 33.4 Å². The first-order chi connectivity index (χ1) is 20.8. The second kappa shape index (κ2) is 10.00. The fourth-order valence-corrected chi connectivity index (χ4v) is 6.21. The Balaban J connectivity index is 1.36. The molecule has 42 heavy (non-hydrogen) atoms. The lowest BCUT2D eigenvalue weighted by atomic mass is 9.34. The summed E-state index contributed by atoms with van der Waals surface area (Å²) >= 11 is 0. The van der Waals surface area contributed by atoms with Gasteiger partial charge in [0.15, 0.2) is 0 Å². The van der Waals surface area contributed by atoms with Crippen LogP contribution in [0.4, 0.5) is 0 Å². The molecule has 3 aromatic carbocycles. The predicted molar refractivity (Wildman–Crippen MR) is 168 cm³/mol. The molecule has 6 aromatic rings. The topological polar surface area (TPSA) is 57.1 Å². The monoisotopic (exact) mass is 543 g/mol. The zero-order valence-electron chi connectivity index (χ0n) is 23.1. The van der Waals surface area contributed by atoms with Gasteiger partial charge in [-0.2, -0.15) is 0 Å². The molecule has 2 aliphatic rings. The van der Waals surface area contributed by atoms with Crippen molar-refractivity contribution >= 4 is 23.1 Å². The Bertz CT molecular complexity index is 1910. The lowest BCUT2D eigenvalue weighted by Crippen LogP contribution is -2.57. The molecule has 0 radical (unpaired) electrons. The van der Waals surface area contributed by atoms with Crippen LogP contribution < -0.4 is 25.9 Å². The number of aromatic nitrogens is 3. The van der Waals surface area contributed by atoms with E-state index in [1.165, 1.54) is 5.56 Å². The van der Waals surface area contributed by atoms with Gasteiger partial charge in [0.25, 0.3) is 6.71 Å². The Hall–Kier alpha value is -5.23. The van der Waals surface area contributed by atoms with Crippen LogP contribution in [0.3, 0.4) is 0 Å². The second-order valence-electron chi connectivity index (χ2n) is 10.8. The highest BCUT2D eigenvalue weighted by Crippen LogP contribution is 2.41. The lowest BCUT2D eigenvalue weighted by molar-refractivity contribution is 0.465. The number of benzene rings is 3. The molecule has 200 valence electrons. The minimum Gasteiger partial charge on any atom is -0.458 e. The Labute approximate surface area is 245 Å². The van der Waals surface area contributed by atoms with Crippen LogP contribution in [-0.4, -0.2) is 21.7 Å². The summed E-state index contributed by atoms with van der Waals surface area (Å²) in [5.41, 5.74) is 10.9. The van der Waals surface area contributed by atoms with Crippen molar-refractivity contribution in [1.82, 2.24) is 15.0 Å². The van der Waals surface area contributed by atoms with Gasteiger partial charge in [-0.05, 0) is 87.6 Å². The molecule has 2 aliphatic heterocycles. The third-order valence-electron chi connectivity index (χ3n) is 8.15. The van der Waals surface area contributed by atoms with Gasteiger partial charge in [0.1, 0.15) is 23.0 Å². The number of fused-ring (bicyclic) bond motifs is 4. The molecular formula is C36H26BN3O2. The Kier molecular flexibility index (Phi) is 5.85. The molecule has 5 nitrogen and oxygen atoms in total. The maximum atomic E-state index is 6.80. The zero-order valence-corrected chi connectivity index (χ0v) is 23.1. The van der Waals surface area contributed by atoms with Gasteiger partial charge in [0.05, 0.1) is 0 Å². The summed E-state index contributed by atoms with van der Waals surface area (Å²) in [5, 5.41) is 0. The molecule has 6 heteroatoms. The number of nitrogens with zero attached hydrogens (tertiary/aromatic N) is 3. The maximum absolute atomic E-state index is 6.80. The van der Waals surface area contributed by atoms with Gasteiger partial charge in [-0.3, -0.25) is 15.0 Å². The summed E-state index contributed by atoms with van der Waals surface area (Å²) in [5.74, 6) is 3.34. The quantitative estimate of drug-likeness (QED) is 0.231. The van der Waals surface area contributed by atoms with Crippen LogP contribution in [-0.2, 0) is 6.42 Å². The van der Waals surface area contributed by atoms with Crippen molar-refractivity contribution in [1.29, 1.82) is 0 Å². The first-order valence-electron chi connectivity index (χ1n) is 14.3. The summed E-state index contributed by atoms with van der Waals surface area (Å²) in [6.45, 7) is 2.11. The molecule has 3 aromatic heterocycles. The van der Waals surface area contributed by atoms with Crippen molar-refractivity contribution in [3.63, 3.8) is 0 Å². The van der Waals surface area contributed by atoms with Crippen LogP contribution in [0.2, 0.25) is 0 Å². The van der Waals surface area contributed by atoms with Crippen molar-refractivity contribution < 1.29 is 9.47 Å². The number of aryl methyl sites for hydroxylation is 1. The first-order valence-corrected chi connectivity index (χ1v) is 14.3. The number of rotatable bonds is 5. The van der Waals surface area contributed by atoms with Crippen molar-refractivity contribution in [3.05, 3.63) is 122 Å². The molecule has 0 fully saturated rings. The largest absolute Gasteiger partial charge is 0.458 e. The third kappa shape index (κ3) is 4.07. The highest BCUT2D eigenvalue weighted by molar-refractivity contribution is 6.98. The third-order valence-corrected chi connectivity index (χ3v) is 8.15. The van der Waals surface area contributed by atoms with Crippen molar-refractivity contribution in [2.75, 3.05) is 0 Å². The Morgan fingerprint density at radius 3 is 1.88 bits per heavy atom. The van der Waals surface area contributed by atoms with Crippen molar-refractivity contribution in [2.24, 2.45) is 0 Å². The smallest absolute Gasteiger partial charge is 0.260 e. The van der Waals surface area contributed by atoms with E-state index in [2.05, 4.69) is 88.6 Å². The van der Waals surface area contributed by atoms with Gasteiger partial charge in [-0.15, -0.1) is 0 Å². The number of pyridine rings is 3. The van der Waals surface area contributed by atoms with Crippen LogP contribution in [0.1, 0.15) is 18.9 Å². The molecule has 0 spiro atoms. The highest BCUT2D eigenvalue weighted by atomic mass is 16.5. The summed E-state index contributed by atoms with van der Waals surface area (Å²) < 4.78 is 13.4. The molecule has 0 atom stereocenters. The molecule has 0 N–H and O–H groups in total. The van der Waals surface area contributed by atoms with Crippen LogP contribution in [0, 0.1) is 0 Å². The summed E-state index contributed by atoms with van der Waals surface area (Å²) in [6, 6.07) is 27.4. The Morgan fingerprint density at radius 1 is 0.595 bits per heavy atom. The van der Waals surface area contributed by atoms with Crippen LogP contribution in [0.5, 0.6) is 23.0 Å². The van der Waals surface area contributed by atoms with E-state index < -0.39 is 0 Å². The van der Waals surface area contributed by atoms with E-state index in [0.717, 1.165) is 85.6 Å². The summed E-state index contributed by atoms with van der Waals surface area (Å²) in [4.78, 5) is 13.3. The zero-order chi connectivity index (χ0) is 28.0. The summed E-state index contributed by atoms with van der Waals surface area (Å²) in [6.07, 6.45) is 13.3. The summed E-state index contributed by atoms with van der Waals surface area (Å²) in [7, 11) is 0. The van der Waals surface area contributed by atoms with Crippen LogP contribution in [0.15, 0.2) is 116 Å². The fraction of sp³-hybridized carbons (Fsp3) is 0.0833. The minimum absolute atomic E-state index is 0.0810. The van der Waals surface area contributed by atoms with E-state index in [9.17, 15) is 0 Å². The van der Waals surface area contributed by atoms with Gasteiger partial charge in [-0.25, -0.2) is 0 Å². The number of ether oxygens (including phenoxy) is 2. The van der Waals surface area contributed by atoms with E-state index in [1.807, 2.05) is 36.9 Å². The normalized spacial score (nSPS) is 12.5.